The summed E-state index contributed by atoms with van der Waals surface area (Å²) in [6, 6.07) is 49.3. The van der Waals surface area contributed by atoms with Crippen LogP contribution in [0.3, 0.4) is 0 Å². The Morgan fingerprint density at radius 3 is 2.05 bits per heavy atom. The van der Waals surface area contributed by atoms with E-state index in [2.05, 4.69) is 156 Å². The molecule has 0 saturated heterocycles. The van der Waals surface area contributed by atoms with Crippen molar-refractivity contribution in [2.75, 3.05) is 0 Å². The number of fused-ring (bicyclic) bond motifs is 10. The van der Waals surface area contributed by atoms with E-state index >= 15 is 0 Å². The predicted molar refractivity (Wildman–Crippen MR) is 185 cm³/mol. The number of nitrogens with zero attached hydrogens (tertiary/aromatic N) is 1. The number of hydrogen-bond acceptors (Lipinski definition) is 0. The molecule has 0 unspecified atom stereocenters. The maximum absolute atomic E-state index is 2.53. The van der Waals surface area contributed by atoms with Crippen LogP contribution < -0.4 is 0 Å². The monoisotopic (exact) mass is 547 g/mol. The average molecular weight is 548 g/mol. The van der Waals surface area contributed by atoms with Crippen molar-refractivity contribution in [1.82, 2.24) is 4.57 Å². The molecule has 8 aromatic rings. The van der Waals surface area contributed by atoms with Gasteiger partial charge in [-0.2, -0.15) is 0 Å². The van der Waals surface area contributed by atoms with Crippen LogP contribution in [0.25, 0.3) is 76.5 Å². The molecule has 1 aromatic heterocycles. The summed E-state index contributed by atoms with van der Waals surface area (Å²) >= 11 is 0. The minimum atomic E-state index is 1.06. The van der Waals surface area contributed by atoms with Crippen molar-refractivity contribution in [3.8, 4) is 16.8 Å². The zero-order chi connectivity index (χ0) is 28.3. The van der Waals surface area contributed by atoms with Gasteiger partial charge in [-0.15, -0.1) is 0 Å². The Bertz CT molecular complexity index is 2440. The normalized spacial score (nSPS) is 13.4. The smallest absolute Gasteiger partial charge is 0.0626 e. The Hall–Kier alpha value is -5.40. The van der Waals surface area contributed by atoms with Crippen molar-refractivity contribution in [3.05, 3.63) is 157 Å². The van der Waals surface area contributed by atoms with Gasteiger partial charge in [0.25, 0.3) is 0 Å². The van der Waals surface area contributed by atoms with E-state index in [1.807, 2.05) is 0 Å². The molecule has 0 aliphatic heterocycles. The molecule has 0 N–H and O–H groups in total. The molecular weight excluding hydrogens is 518 g/mol. The molecule has 0 saturated carbocycles. The lowest BCUT2D eigenvalue weighted by Gasteiger charge is -2.17. The van der Waals surface area contributed by atoms with Crippen LogP contribution in [0.1, 0.15) is 18.4 Å². The van der Waals surface area contributed by atoms with Gasteiger partial charge in [-0.1, -0.05) is 127 Å². The van der Waals surface area contributed by atoms with Crippen molar-refractivity contribution in [2.24, 2.45) is 0 Å². The molecule has 1 heteroatoms. The fourth-order valence-electron chi connectivity index (χ4n) is 7.27. The van der Waals surface area contributed by atoms with Crippen LogP contribution in [-0.2, 0) is 0 Å². The van der Waals surface area contributed by atoms with Crippen LogP contribution in [0.15, 0.2) is 152 Å². The van der Waals surface area contributed by atoms with Crippen LogP contribution in [0, 0.1) is 0 Å². The van der Waals surface area contributed by atoms with Gasteiger partial charge < -0.3 is 4.57 Å². The first-order valence-electron chi connectivity index (χ1n) is 15.2. The first-order chi connectivity index (χ1) is 21.3. The van der Waals surface area contributed by atoms with E-state index < -0.39 is 0 Å². The number of para-hydroxylation sites is 1. The number of allylic oxidation sites excluding steroid dienone is 4. The molecule has 1 nitrogen and oxygen atoms in total. The second kappa shape index (κ2) is 9.58. The molecular formula is C42H29N. The van der Waals surface area contributed by atoms with Crippen LogP contribution in [0.5, 0.6) is 0 Å². The molecule has 0 radical (unpaired) electrons. The molecule has 1 heterocycles. The van der Waals surface area contributed by atoms with E-state index in [-0.39, 0.29) is 0 Å². The third kappa shape index (κ3) is 3.72. The van der Waals surface area contributed by atoms with Gasteiger partial charge >= 0.3 is 0 Å². The van der Waals surface area contributed by atoms with E-state index in [0.717, 1.165) is 12.8 Å². The molecule has 0 spiro atoms. The van der Waals surface area contributed by atoms with Crippen molar-refractivity contribution >= 4 is 59.7 Å². The zero-order valence-electron chi connectivity index (χ0n) is 23.8. The molecule has 0 amide bonds. The number of hydrogen-bond donors (Lipinski definition) is 0. The molecule has 43 heavy (non-hydrogen) atoms. The summed E-state index contributed by atoms with van der Waals surface area (Å²) in [6.45, 7) is 0. The summed E-state index contributed by atoms with van der Waals surface area (Å²) in [6.07, 6.45) is 8.90. The van der Waals surface area contributed by atoms with Gasteiger partial charge in [0.2, 0.25) is 0 Å². The predicted octanol–water partition coefficient (Wildman–Crippen LogP) is 11.6. The Kier molecular flexibility index (Phi) is 5.39. The second-order valence-corrected chi connectivity index (χ2v) is 11.6. The van der Waals surface area contributed by atoms with Gasteiger partial charge in [0.1, 0.15) is 0 Å². The van der Waals surface area contributed by atoms with Crippen LogP contribution in [0.4, 0.5) is 0 Å². The Balaban J connectivity index is 1.50. The van der Waals surface area contributed by atoms with Crippen molar-refractivity contribution < 1.29 is 0 Å². The minimum Gasteiger partial charge on any atom is -0.309 e. The lowest BCUT2D eigenvalue weighted by Crippen LogP contribution is -1.98. The van der Waals surface area contributed by atoms with E-state index in [1.54, 1.807) is 0 Å². The standard InChI is InChI=1S/C42H29N/c1-3-13-28(14-4-1)31-25-32(29-15-5-2-6-16-29)27-33(26-31)43-39-22-12-11-21-38(39)41-40-34-18-8-7-17-30(34)23-24-36(40)35-19-9-10-20-37(35)42(41)43/h1-5,7-15,17-27H,6,16H2. The van der Waals surface area contributed by atoms with E-state index in [4.69, 9.17) is 0 Å². The van der Waals surface area contributed by atoms with Crippen molar-refractivity contribution in [1.29, 1.82) is 0 Å². The summed E-state index contributed by atoms with van der Waals surface area (Å²) in [7, 11) is 0. The Labute approximate surface area is 250 Å². The third-order valence-electron chi connectivity index (χ3n) is 9.19. The second-order valence-electron chi connectivity index (χ2n) is 11.6. The Morgan fingerprint density at radius 1 is 0.488 bits per heavy atom. The summed E-state index contributed by atoms with van der Waals surface area (Å²) in [5, 5.41) is 10.4. The first-order valence-corrected chi connectivity index (χ1v) is 15.2. The summed E-state index contributed by atoms with van der Waals surface area (Å²) in [4.78, 5) is 0. The fourth-order valence-corrected chi connectivity index (χ4v) is 7.27. The van der Waals surface area contributed by atoms with Crippen molar-refractivity contribution in [3.63, 3.8) is 0 Å². The average Bonchev–Trinajstić information content (AvgIpc) is 3.44. The van der Waals surface area contributed by atoms with E-state index in [0.29, 0.717) is 0 Å². The maximum atomic E-state index is 2.53. The molecule has 1 aliphatic rings. The summed E-state index contributed by atoms with van der Waals surface area (Å²) in [5.41, 5.74) is 8.87. The molecule has 1 aliphatic carbocycles. The van der Waals surface area contributed by atoms with Gasteiger partial charge in [0.15, 0.2) is 0 Å². The van der Waals surface area contributed by atoms with Gasteiger partial charge in [0.05, 0.1) is 11.0 Å². The molecule has 0 bridgehead atoms. The minimum absolute atomic E-state index is 1.06. The van der Waals surface area contributed by atoms with Crippen molar-refractivity contribution in [2.45, 2.75) is 12.8 Å². The highest BCUT2D eigenvalue weighted by atomic mass is 15.0. The summed E-state index contributed by atoms with van der Waals surface area (Å²) < 4.78 is 2.53. The SMILES string of the molecule is C1=CCCC(c2cc(-c3ccccc3)cc(-n3c4ccccc4c4c5c6ccccc6ccc5c5ccccc5c43)c2)=C1. The lowest BCUT2D eigenvalue weighted by atomic mass is 9.92. The largest absolute Gasteiger partial charge is 0.309 e. The summed E-state index contributed by atoms with van der Waals surface area (Å²) in [5.74, 6) is 0. The molecule has 9 rings (SSSR count). The Morgan fingerprint density at radius 2 is 1.21 bits per heavy atom. The number of benzene rings is 7. The van der Waals surface area contributed by atoms with E-state index in [9.17, 15) is 0 Å². The quantitative estimate of drug-likeness (QED) is 0.194. The van der Waals surface area contributed by atoms with Gasteiger partial charge in [-0.3, -0.25) is 0 Å². The molecule has 7 aromatic carbocycles. The molecule has 202 valence electrons. The lowest BCUT2D eigenvalue weighted by molar-refractivity contribution is 1.05. The highest BCUT2D eigenvalue weighted by Gasteiger charge is 2.21. The maximum Gasteiger partial charge on any atom is 0.0626 e. The van der Waals surface area contributed by atoms with Gasteiger partial charge in [-0.05, 0) is 80.9 Å². The fraction of sp³-hybridized carbons (Fsp3) is 0.0476. The molecule has 0 fully saturated rings. The third-order valence-corrected chi connectivity index (χ3v) is 9.19. The van der Waals surface area contributed by atoms with Gasteiger partial charge in [-0.25, -0.2) is 0 Å². The first kappa shape index (κ1) is 24.2. The molecule has 0 atom stereocenters. The number of aromatic nitrogens is 1. The highest BCUT2D eigenvalue weighted by Crippen LogP contribution is 2.45. The number of rotatable bonds is 3. The van der Waals surface area contributed by atoms with Crippen LogP contribution in [0.2, 0.25) is 0 Å². The van der Waals surface area contributed by atoms with Crippen LogP contribution >= 0.6 is 0 Å². The zero-order valence-corrected chi connectivity index (χ0v) is 23.8. The van der Waals surface area contributed by atoms with Gasteiger partial charge in [0, 0.05) is 27.2 Å². The highest BCUT2D eigenvalue weighted by molar-refractivity contribution is 6.36. The topological polar surface area (TPSA) is 4.93 Å². The van der Waals surface area contributed by atoms with Crippen LogP contribution in [-0.4, -0.2) is 4.57 Å². The van der Waals surface area contributed by atoms with E-state index in [1.165, 1.54) is 82.1 Å².